The van der Waals surface area contributed by atoms with Gasteiger partial charge in [-0.05, 0) is 47.5 Å². The van der Waals surface area contributed by atoms with Crippen molar-refractivity contribution in [3.63, 3.8) is 0 Å². The molecule has 0 saturated heterocycles. The van der Waals surface area contributed by atoms with Crippen molar-refractivity contribution in [3.8, 4) is 45.0 Å². The highest BCUT2D eigenvalue weighted by molar-refractivity contribution is 5.99. The predicted octanol–water partition coefficient (Wildman–Crippen LogP) is 10.3. The van der Waals surface area contributed by atoms with Crippen LogP contribution in [-0.4, -0.2) is 19.4 Å². The lowest BCUT2D eigenvalue weighted by molar-refractivity contribution is 1.23. The number of hydrogen-bond donors (Lipinski definition) is 0. The largest absolute Gasteiger partial charge is 0.306 e. The van der Waals surface area contributed by atoms with Crippen molar-refractivity contribution >= 4 is 38.4 Å². The van der Waals surface area contributed by atoms with Crippen molar-refractivity contribution in [1.29, 1.82) is 0 Å². The van der Waals surface area contributed by atoms with E-state index in [0.29, 0.717) is 5.82 Å². The summed E-state index contributed by atoms with van der Waals surface area (Å²) in [6.07, 6.45) is 0. The quantitative estimate of drug-likeness (QED) is 0.210. The molecule has 0 amide bonds. The van der Waals surface area contributed by atoms with E-state index in [2.05, 4.69) is 138 Å². The van der Waals surface area contributed by atoms with Crippen LogP contribution in [0.25, 0.3) is 83.4 Å². The van der Waals surface area contributed by atoms with Crippen LogP contribution in [0.4, 0.5) is 0 Å². The molecule has 4 nitrogen and oxygen atoms in total. The van der Waals surface area contributed by atoms with Crippen molar-refractivity contribution in [3.05, 3.63) is 158 Å². The summed E-state index contributed by atoms with van der Waals surface area (Å²) in [5.74, 6) is 0.711. The Morgan fingerprint density at radius 3 is 1.84 bits per heavy atom. The van der Waals surface area contributed by atoms with Crippen LogP contribution in [0.15, 0.2) is 158 Å². The second-order valence-corrected chi connectivity index (χ2v) is 11.3. The molecular formula is C41H26N4. The third-order valence-electron chi connectivity index (χ3n) is 8.57. The van der Waals surface area contributed by atoms with E-state index < -0.39 is 0 Å². The molecule has 0 radical (unpaired) electrons. The lowest BCUT2D eigenvalue weighted by Crippen LogP contribution is -1.96. The number of benzene rings is 6. The van der Waals surface area contributed by atoms with Crippen LogP contribution in [0.2, 0.25) is 0 Å². The summed E-state index contributed by atoms with van der Waals surface area (Å²) in [4.78, 5) is 15.3. The molecule has 0 atom stereocenters. The second kappa shape index (κ2) is 10.2. The van der Waals surface area contributed by atoms with Gasteiger partial charge in [-0.15, -0.1) is 0 Å². The molecule has 4 heteroatoms. The molecular weight excluding hydrogens is 548 g/mol. The van der Waals surface area contributed by atoms with Crippen molar-refractivity contribution < 1.29 is 0 Å². The van der Waals surface area contributed by atoms with E-state index in [0.717, 1.165) is 61.1 Å². The Morgan fingerprint density at radius 2 is 1.00 bits per heavy atom. The molecule has 210 valence electrons. The number of aromatic nitrogens is 4. The number of hydrogen-bond acceptors (Lipinski definition) is 3. The summed E-state index contributed by atoms with van der Waals surface area (Å²) in [7, 11) is 0. The minimum Gasteiger partial charge on any atom is -0.306 e. The van der Waals surface area contributed by atoms with Gasteiger partial charge in [-0.2, -0.15) is 0 Å². The Hall–Kier alpha value is -6.13. The van der Waals surface area contributed by atoms with Gasteiger partial charge in [0.25, 0.3) is 0 Å². The first kappa shape index (κ1) is 25.4. The highest BCUT2D eigenvalue weighted by atomic mass is 14.9. The Morgan fingerprint density at radius 1 is 0.356 bits per heavy atom. The molecule has 3 aromatic heterocycles. The minimum absolute atomic E-state index is 0.711. The van der Waals surface area contributed by atoms with E-state index in [1.54, 1.807) is 0 Å². The van der Waals surface area contributed by atoms with Gasteiger partial charge in [0.1, 0.15) is 0 Å². The summed E-state index contributed by atoms with van der Waals surface area (Å²) in [6.45, 7) is 0. The monoisotopic (exact) mass is 574 g/mol. The molecule has 0 unspecified atom stereocenters. The van der Waals surface area contributed by atoms with Gasteiger partial charge in [0, 0.05) is 27.5 Å². The average molecular weight is 575 g/mol. The van der Waals surface area contributed by atoms with Gasteiger partial charge in [-0.1, -0.05) is 121 Å². The molecule has 9 rings (SSSR count). The SMILES string of the molecule is c1ccc(-c2cccc(-c3nc(-c4ccc(-c5nc6ccccc6n6c5cc5ccccc56)cc4)c4ccccc4n3)c2)cc1. The Balaban J connectivity index is 1.19. The second-order valence-electron chi connectivity index (χ2n) is 11.3. The Kier molecular flexibility index (Phi) is 5.78. The topological polar surface area (TPSA) is 43.1 Å². The van der Waals surface area contributed by atoms with Crippen LogP contribution < -0.4 is 0 Å². The van der Waals surface area contributed by atoms with Gasteiger partial charge in [-0.3, -0.25) is 0 Å². The van der Waals surface area contributed by atoms with Crippen molar-refractivity contribution in [2.75, 3.05) is 0 Å². The van der Waals surface area contributed by atoms with E-state index in [1.807, 2.05) is 24.3 Å². The van der Waals surface area contributed by atoms with Gasteiger partial charge >= 0.3 is 0 Å². The summed E-state index contributed by atoms with van der Waals surface area (Å²) >= 11 is 0. The molecule has 0 spiro atoms. The van der Waals surface area contributed by atoms with Gasteiger partial charge < -0.3 is 4.40 Å². The fraction of sp³-hybridized carbons (Fsp3) is 0. The first-order valence-electron chi connectivity index (χ1n) is 15.1. The minimum atomic E-state index is 0.711. The van der Waals surface area contributed by atoms with Crippen LogP contribution >= 0.6 is 0 Å². The molecule has 45 heavy (non-hydrogen) atoms. The van der Waals surface area contributed by atoms with E-state index in [1.165, 1.54) is 16.5 Å². The van der Waals surface area contributed by atoms with Gasteiger partial charge in [0.05, 0.1) is 39.0 Å². The van der Waals surface area contributed by atoms with Gasteiger partial charge in [0.2, 0.25) is 0 Å². The number of fused-ring (bicyclic) bond motifs is 6. The van der Waals surface area contributed by atoms with Gasteiger partial charge in [-0.25, -0.2) is 15.0 Å². The van der Waals surface area contributed by atoms with Crippen LogP contribution in [0.1, 0.15) is 0 Å². The van der Waals surface area contributed by atoms with E-state index >= 15 is 0 Å². The molecule has 0 aliphatic carbocycles. The maximum absolute atomic E-state index is 5.17. The van der Waals surface area contributed by atoms with Crippen molar-refractivity contribution in [2.24, 2.45) is 0 Å². The third kappa shape index (κ3) is 4.27. The smallest absolute Gasteiger partial charge is 0.160 e. The standard InChI is InChI=1S/C41H26N4/c1-2-11-27(12-3-1)30-14-10-15-32(25-30)41-43-34-17-6-5-16-33(34)39(44-41)28-21-23-29(24-22-28)40-38-26-31-13-4-8-19-36(31)45(38)37-20-9-7-18-35(37)42-40/h1-26H. The summed E-state index contributed by atoms with van der Waals surface area (Å²) in [5.41, 5.74) is 12.5. The predicted molar refractivity (Wildman–Crippen MR) is 185 cm³/mol. The number of para-hydroxylation sites is 4. The molecule has 6 aromatic carbocycles. The molecule has 3 heterocycles. The lowest BCUT2D eigenvalue weighted by Gasteiger charge is -2.12. The van der Waals surface area contributed by atoms with Gasteiger partial charge in [0.15, 0.2) is 5.82 Å². The zero-order chi connectivity index (χ0) is 29.7. The maximum atomic E-state index is 5.17. The summed E-state index contributed by atoms with van der Waals surface area (Å²) in [5, 5.41) is 2.22. The highest BCUT2D eigenvalue weighted by Crippen LogP contribution is 2.35. The zero-order valence-electron chi connectivity index (χ0n) is 24.3. The van der Waals surface area contributed by atoms with Crippen LogP contribution in [0.5, 0.6) is 0 Å². The average Bonchev–Trinajstić information content (AvgIpc) is 3.51. The third-order valence-corrected chi connectivity index (χ3v) is 8.57. The number of rotatable bonds is 4. The van der Waals surface area contributed by atoms with Crippen molar-refractivity contribution in [2.45, 2.75) is 0 Å². The molecule has 0 bridgehead atoms. The van der Waals surface area contributed by atoms with Crippen LogP contribution in [-0.2, 0) is 0 Å². The lowest BCUT2D eigenvalue weighted by atomic mass is 10.0. The first-order valence-corrected chi connectivity index (χ1v) is 15.1. The van der Waals surface area contributed by atoms with E-state index in [4.69, 9.17) is 15.0 Å². The Bertz CT molecular complexity index is 2530. The van der Waals surface area contributed by atoms with Crippen LogP contribution in [0.3, 0.4) is 0 Å². The zero-order valence-corrected chi connectivity index (χ0v) is 24.3. The number of nitrogens with zero attached hydrogens (tertiary/aromatic N) is 4. The molecule has 9 aromatic rings. The molecule has 0 aliphatic heterocycles. The fourth-order valence-electron chi connectivity index (χ4n) is 6.41. The van der Waals surface area contributed by atoms with E-state index in [-0.39, 0.29) is 0 Å². The molecule has 0 N–H and O–H groups in total. The maximum Gasteiger partial charge on any atom is 0.160 e. The first-order chi connectivity index (χ1) is 22.3. The summed E-state index contributed by atoms with van der Waals surface area (Å²) < 4.78 is 2.33. The fourth-order valence-corrected chi connectivity index (χ4v) is 6.41. The van der Waals surface area contributed by atoms with E-state index in [9.17, 15) is 0 Å². The Labute approximate surface area is 259 Å². The normalized spacial score (nSPS) is 11.6. The van der Waals surface area contributed by atoms with Crippen molar-refractivity contribution in [1.82, 2.24) is 19.4 Å². The molecule has 0 fully saturated rings. The molecule has 0 aliphatic rings. The summed E-state index contributed by atoms with van der Waals surface area (Å²) in [6, 6.07) is 54.9. The molecule has 0 saturated carbocycles. The highest BCUT2D eigenvalue weighted by Gasteiger charge is 2.16. The van der Waals surface area contributed by atoms with Crippen LogP contribution in [0, 0.1) is 0 Å².